The van der Waals surface area contributed by atoms with E-state index in [0.29, 0.717) is 0 Å². The van der Waals surface area contributed by atoms with E-state index in [9.17, 15) is 0 Å². The van der Waals surface area contributed by atoms with Gasteiger partial charge in [-0.05, 0) is 79.1 Å². The van der Waals surface area contributed by atoms with Gasteiger partial charge < -0.3 is 18.6 Å². The second-order valence-electron chi connectivity index (χ2n) is 11.4. The summed E-state index contributed by atoms with van der Waals surface area (Å²) < 4.78 is 14.6. The zero-order valence-electron chi connectivity index (χ0n) is 22.8. The molecule has 2 aliphatic heterocycles. The van der Waals surface area contributed by atoms with Gasteiger partial charge in [-0.3, -0.25) is 0 Å². The minimum atomic E-state index is -0.196. The van der Waals surface area contributed by atoms with Crippen molar-refractivity contribution >= 4 is 38.9 Å². The van der Waals surface area contributed by atoms with Crippen LogP contribution in [0.1, 0.15) is 25.2 Å². The molecule has 0 bridgehead atoms. The van der Waals surface area contributed by atoms with Crippen LogP contribution in [0.3, 0.4) is 0 Å². The summed E-state index contributed by atoms with van der Waals surface area (Å²) in [7, 11) is 0. The van der Waals surface area contributed by atoms with E-state index in [4.69, 9.17) is 9.15 Å². The summed E-state index contributed by atoms with van der Waals surface area (Å²) in [4.78, 5) is 2.27. The van der Waals surface area contributed by atoms with Gasteiger partial charge in [0, 0.05) is 22.5 Å². The summed E-state index contributed by atoms with van der Waals surface area (Å²) in [5.74, 6) is 2.73. The summed E-state index contributed by atoms with van der Waals surface area (Å²) >= 11 is 0. The second-order valence-corrected chi connectivity index (χ2v) is 11.4. The number of furan rings is 1. The Hall–Kier alpha value is -5.22. The van der Waals surface area contributed by atoms with Gasteiger partial charge in [-0.2, -0.15) is 0 Å². The molecule has 9 rings (SSSR count). The van der Waals surface area contributed by atoms with E-state index in [1.807, 2.05) is 30.5 Å². The molecule has 196 valence electrons. The van der Waals surface area contributed by atoms with E-state index in [1.54, 1.807) is 0 Å². The van der Waals surface area contributed by atoms with E-state index in [-0.39, 0.29) is 5.41 Å². The Kier molecular flexibility index (Phi) is 4.36. The number of hydrogen-bond donors (Lipinski definition) is 0. The molecule has 0 unspecified atom stereocenters. The van der Waals surface area contributed by atoms with Gasteiger partial charge in [-0.15, -0.1) is 0 Å². The number of rotatable bonds is 2. The number of aromatic nitrogens is 1. The Morgan fingerprint density at radius 2 is 1.32 bits per heavy atom. The Bertz CT molecular complexity index is 2120. The molecule has 0 aliphatic carbocycles. The fourth-order valence-corrected chi connectivity index (χ4v) is 6.86. The number of fused-ring (bicyclic) bond motifs is 7. The van der Waals surface area contributed by atoms with Crippen molar-refractivity contribution in [2.24, 2.45) is 0 Å². The number of hydrogen-bond acceptors (Lipinski definition) is 3. The molecular formula is C37H26N2O2. The minimum absolute atomic E-state index is 0.196. The zero-order valence-corrected chi connectivity index (χ0v) is 22.8. The lowest BCUT2D eigenvalue weighted by atomic mass is 9.79. The molecule has 0 saturated carbocycles. The quantitative estimate of drug-likeness (QED) is 0.223. The van der Waals surface area contributed by atoms with Crippen molar-refractivity contribution in [1.82, 2.24) is 4.57 Å². The van der Waals surface area contributed by atoms with Gasteiger partial charge in [-0.1, -0.05) is 60.7 Å². The van der Waals surface area contributed by atoms with Crippen molar-refractivity contribution < 1.29 is 9.15 Å². The van der Waals surface area contributed by atoms with Crippen molar-refractivity contribution in [2.75, 3.05) is 4.90 Å². The minimum Gasteiger partial charge on any atom is -0.466 e. The van der Waals surface area contributed by atoms with Crippen molar-refractivity contribution in [3.63, 3.8) is 0 Å². The first kappa shape index (κ1) is 22.6. The molecule has 2 aromatic heterocycles. The van der Waals surface area contributed by atoms with Gasteiger partial charge in [-0.25, -0.2) is 0 Å². The maximum Gasteiger partial charge on any atom is 0.151 e. The van der Waals surface area contributed by atoms with Crippen LogP contribution in [-0.2, 0) is 5.41 Å². The molecule has 0 N–H and O–H groups in total. The average Bonchev–Trinajstić information content (AvgIpc) is 3.63. The Labute approximate surface area is 237 Å². The van der Waals surface area contributed by atoms with Crippen LogP contribution < -0.4 is 9.64 Å². The predicted octanol–water partition coefficient (Wildman–Crippen LogP) is 10.3. The van der Waals surface area contributed by atoms with E-state index < -0.39 is 0 Å². The SMILES string of the molecule is CC1(C)c2occc2-n2c3ccc(-c4ccc(N5c6ccccc6Oc6ccccc65)cc4)cc3c3cccc1c32. The second kappa shape index (κ2) is 7.92. The van der Waals surface area contributed by atoms with Crippen LogP contribution in [0.15, 0.2) is 126 Å². The fraction of sp³-hybridized carbons (Fsp3) is 0.0811. The monoisotopic (exact) mass is 530 g/mol. The molecule has 0 fully saturated rings. The molecule has 41 heavy (non-hydrogen) atoms. The molecule has 0 amide bonds. The van der Waals surface area contributed by atoms with Crippen molar-refractivity contribution in [1.29, 1.82) is 0 Å². The number of benzene rings is 5. The highest BCUT2D eigenvalue weighted by Gasteiger charge is 2.37. The largest absolute Gasteiger partial charge is 0.466 e. The van der Waals surface area contributed by atoms with E-state index in [0.717, 1.165) is 40.0 Å². The average molecular weight is 531 g/mol. The van der Waals surface area contributed by atoms with Crippen LogP contribution >= 0.6 is 0 Å². The van der Waals surface area contributed by atoms with Crippen LogP contribution in [0, 0.1) is 0 Å². The fourth-order valence-electron chi connectivity index (χ4n) is 6.86. The molecule has 2 aliphatic rings. The maximum atomic E-state index is 6.20. The number of ether oxygens (including phenoxy) is 1. The standard InChI is InChI=1S/C37H26N2O2/c1-37(2)28-9-7-8-26-27-22-24(16-19-29(27)39(35(26)28)32-20-21-40-36(32)37)23-14-17-25(18-15-23)38-30-10-3-5-12-33(30)41-34-13-6-4-11-31(34)38/h3-22H,1-2H3. The highest BCUT2D eigenvalue weighted by Crippen LogP contribution is 2.51. The van der Waals surface area contributed by atoms with Crippen molar-refractivity contribution in [3.8, 4) is 28.3 Å². The molecule has 0 spiro atoms. The molecule has 0 atom stereocenters. The third kappa shape index (κ3) is 2.99. The molecule has 4 nitrogen and oxygen atoms in total. The Morgan fingerprint density at radius 1 is 0.610 bits per heavy atom. The van der Waals surface area contributed by atoms with Gasteiger partial charge >= 0.3 is 0 Å². The van der Waals surface area contributed by atoms with Crippen LogP contribution in [0.25, 0.3) is 38.6 Å². The van der Waals surface area contributed by atoms with Crippen molar-refractivity contribution in [3.05, 3.63) is 133 Å². The molecule has 7 aromatic rings. The maximum absolute atomic E-state index is 6.20. The lowest BCUT2D eigenvalue weighted by Crippen LogP contribution is -2.24. The van der Waals surface area contributed by atoms with E-state index in [2.05, 4.69) is 114 Å². The summed E-state index contributed by atoms with van der Waals surface area (Å²) in [5, 5.41) is 2.53. The summed E-state index contributed by atoms with van der Waals surface area (Å²) in [6.45, 7) is 4.51. The third-order valence-corrected chi connectivity index (χ3v) is 8.80. The normalized spacial score (nSPS) is 14.4. The predicted molar refractivity (Wildman–Crippen MR) is 165 cm³/mol. The van der Waals surface area contributed by atoms with Gasteiger partial charge in [0.05, 0.1) is 39.8 Å². The Balaban J connectivity index is 1.18. The first-order chi connectivity index (χ1) is 20.1. The molecule has 4 heterocycles. The summed E-state index contributed by atoms with van der Waals surface area (Å²) in [6, 6.07) is 40.8. The number of anilines is 3. The number of nitrogens with zero attached hydrogens (tertiary/aromatic N) is 2. The molecule has 4 heteroatoms. The van der Waals surface area contributed by atoms with Crippen LogP contribution in [0.2, 0.25) is 0 Å². The van der Waals surface area contributed by atoms with Crippen LogP contribution in [0.4, 0.5) is 17.1 Å². The van der Waals surface area contributed by atoms with Crippen molar-refractivity contribution in [2.45, 2.75) is 19.3 Å². The molecule has 5 aromatic carbocycles. The summed E-state index contributed by atoms with van der Waals surface area (Å²) in [5.41, 5.74) is 10.3. The lowest BCUT2D eigenvalue weighted by Gasteiger charge is -2.32. The smallest absolute Gasteiger partial charge is 0.151 e. The number of para-hydroxylation sites is 5. The topological polar surface area (TPSA) is 30.5 Å². The third-order valence-electron chi connectivity index (χ3n) is 8.80. The van der Waals surface area contributed by atoms with Gasteiger partial charge in [0.15, 0.2) is 11.5 Å². The van der Waals surface area contributed by atoms with Crippen LogP contribution in [0.5, 0.6) is 11.5 Å². The highest BCUT2D eigenvalue weighted by molar-refractivity contribution is 6.12. The lowest BCUT2D eigenvalue weighted by molar-refractivity contribution is 0.425. The van der Waals surface area contributed by atoms with Gasteiger partial charge in [0.2, 0.25) is 0 Å². The van der Waals surface area contributed by atoms with Gasteiger partial charge in [0.1, 0.15) is 5.76 Å². The zero-order chi connectivity index (χ0) is 27.3. The molecule has 0 saturated heterocycles. The first-order valence-corrected chi connectivity index (χ1v) is 14.0. The van der Waals surface area contributed by atoms with E-state index in [1.165, 1.54) is 38.5 Å². The summed E-state index contributed by atoms with van der Waals surface area (Å²) in [6.07, 6.45) is 1.82. The molecular weight excluding hydrogens is 504 g/mol. The van der Waals surface area contributed by atoms with Gasteiger partial charge in [0.25, 0.3) is 0 Å². The first-order valence-electron chi connectivity index (χ1n) is 14.0. The molecule has 0 radical (unpaired) electrons. The highest BCUT2D eigenvalue weighted by atomic mass is 16.5. The van der Waals surface area contributed by atoms with E-state index >= 15 is 0 Å². The van der Waals surface area contributed by atoms with Crippen LogP contribution in [-0.4, -0.2) is 4.57 Å². The Morgan fingerprint density at radius 3 is 2.07 bits per heavy atom.